The third-order valence-electron chi connectivity index (χ3n) is 3.08. The Labute approximate surface area is 111 Å². The minimum absolute atomic E-state index is 0.0156. The van der Waals surface area contributed by atoms with Crippen LogP contribution in [0.4, 0.5) is 0 Å². The fourth-order valence-corrected chi connectivity index (χ4v) is 1.93. The van der Waals surface area contributed by atoms with Gasteiger partial charge in [0.15, 0.2) is 5.69 Å². The van der Waals surface area contributed by atoms with Gasteiger partial charge >= 0.3 is 5.97 Å². The Hall–Kier alpha value is -2.14. The fourth-order valence-electron chi connectivity index (χ4n) is 1.93. The van der Waals surface area contributed by atoms with Crippen LogP contribution in [0.2, 0.25) is 0 Å². The second-order valence-corrected chi connectivity index (χ2v) is 4.37. The van der Waals surface area contributed by atoms with Crippen LogP contribution < -0.4 is 0 Å². The van der Waals surface area contributed by atoms with Crippen molar-refractivity contribution in [2.45, 2.75) is 13.0 Å². The summed E-state index contributed by atoms with van der Waals surface area (Å²) in [6, 6.07) is 7.63. The Balaban J connectivity index is 2.40. The summed E-state index contributed by atoms with van der Waals surface area (Å²) >= 11 is 0. The van der Waals surface area contributed by atoms with Crippen LogP contribution in [0.1, 0.15) is 29.1 Å². The van der Waals surface area contributed by atoms with Gasteiger partial charge < -0.3 is 9.84 Å². The number of rotatable bonds is 4. The third kappa shape index (κ3) is 2.66. The highest BCUT2D eigenvalue weighted by Crippen LogP contribution is 2.25. The summed E-state index contributed by atoms with van der Waals surface area (Å²) in [4.78, 5) is 11.1. The van der Waals surface area contributed by atoms with E-state index in [4.69, 9.17) is 9.84 Å². The average molecular weight is 260 g/mol. The molecule has 0 aliphatic rings. The van der Waals surface area contributed by atoms with E-state index in [1.54, 1.807) is 20.4 Å². The summed E-state index contributed by atoms with van der Waals surface area (Å²) < 4.78 is 6.74. The number of aromatic carboxylic acids is 1. The summed E-state index contributed by atoms with van der Waals surface area (Å²) in [7, 11) is 3.36. The first-order chi connectivity index (χ1) is 9.02. The second kappa shape index (κ2) is 5.24. The van der Waals surface area contributed by atoms with Gasteiger partial charge in [0, 0.05) is 25.9 Å². The quantitative estimate of drug-likeness (QED) is 0.917. The number of nitrogens with zero attached hydrogens (tertiary/aromatic N) is 2. The SMILES string of the molecule is COC(C)c1ccc(-c2cn(C)nc2C(=O)O)cc1. The maximum Gasteiger partial charge on any atom is 0.357 e. The zero-order valence-electron chi connectivity index (χ0n) is 11.1. The van der Waals surface area contributed by atoms with Crippen molar-refractivity contribution in [2.24, 2.45) is 7.05 Å². The molecule has 5 nitrogen and oxygen atoms in total. The minimum Gasteiger partial charge on any atom is -0.476 e. The summed E-state index contributed by atoms with van der Waals surface area (Å²) in [5.41, 5.74) is 2.56. The zero-order valence-corrected chi connectivity index (χ0v) is 11.1. The molecule has 0 fully saturated rings. The van der Waals surface area contributed by atoms with Crippen molar-refractivity contribution in [2.75, 3.05) is 7.11 Å². The molecule has 5 heteroatoms. The van der Waals surface area contributed by atoms with Crippen molar-refractivity contribution in [3.05, 3.63) is 41.7 Å². The predicted molar refractivity (Wildman–Crippen MR) is 71.0 cm³/mol. The number of aromatic nitrogens is 2. The van der Waals surface area contributed by atoms with Crippen LogP contribution in [0, 0.1) is 0 Å². The molecule has 0 saturated carbocycles. The Bertz CT molecular complexity index is 587. The van der Waals surface area contributed by atoms with E-state index >= 15 is 0 Å². The van der Waals surface area contributed by atoms with Gasteiger partial charge in [-0.15, -0.1) is 0 Å². The van der Waals surface area contributed by atoms with E-state index in [0.29, 0.717) is 5.56 Å². The van der Waals surface area contributed by atoms with Gasteiger partial charge in [0.1, 0.15) is 0 Å². The smallest absolute Gasteiger partial charge is 0.357 e. The van der Waals surface area contributed by atoms with E-state index in [2.05, 4.69) is 5.10 Å². The van der Waals surface area contributed by atoms with Crippen molar-refractivity contribution in [1.29, 1.82) is 0 Å². The molecule has 1 aromatic heterocycles. The first kappa shape index (κ1) is 13.3. The van der Waals surface area contributed by atoms with Crippen molar-refractivity contribution in [3.8, 4) is 11.1 Å². The third-order valence-corrected chi connectivity index (χ3v) is 3.08. The lowest BCUT2D eigenvalue weighted by Gasteiger charge is -2.10. The van der Waals surface area contributed by atoms with Crippen LogP contribution in [0.3, 0.4) is 0 Å². The topological polar surface area (TPSA) is 64.4 Å². The number of ether oxygens (including phenoxy) is 1. The normalized spacial score (nSPS) is 12.4. The number of aryl methyl sites for hydroxylation is 1. The highest BCUT2D eigenvalue weighted by Gasteiger charge is 2.16. The molecule has 1 aromatic carbocycles. The Morgan fingerprint density at radius 2 is 2.00 bits per heavy atom. The van der Waals surface area contributed by atoms with Crippen LogP contribution in [0.15, 0.2) is 30.5 Å². The lowest BCUT2D eigenvalue weighted by atomic mass is 10.0. The summed E-state index contributed by atoms with van der Waals surface area (Å²) in [6.07, 6.45) is 1.72. The molecule has 2 aromatic rings. The molecule has 0 amide bonds. The first-order valence-electron chi connectivity index (χ1n) is 5.93. The van der Waals surface area contributed by atoms with E-state index in [9.17, 15) is 4.79 Å². The van der Waals surface area contributed by atoms with E-state index in [1.165, 1.54) is 4.68 Å². The molecular formula is C14H16N2O3. The van der Waals surface area contributed by atoms with E-state index in [0.717, 1.165) is 11.1 Å². The van der Waals surface area contributed by atoms with Crippen LogP contribution in [-0.2, 0) is 11.8 Å². The fraction of sp³-hybridized carbons (Fsp3) is 0.286. The molecule has 1 unspecified atom stereocenters. The summed E-state index contributed by atoms with van der Waals surface area (Å²) in [6.45, 7) is 1.96. The lowest BCUT2D eigenvalue weighted by Crippen LogP contribution is -2.00. The molecule has 0 bridgehead atoms. The van der Waals surface area contributed by atoms with Gasteiger partial charge in [0.05, 0.1) is 6.10 Å². The summed E-state index contributed by atoms with van der Waals surface area (Å²) in [5.74, 6) is -1.02. The molecule has 0 saturated heterocycles. The lowest BCUT2D eigenvalue weighted by molar-refractivity contribution is 0.0690. The van der Waals surface area contributed by atoms with Gasteiger partial charge in [-0.1, -0.05) is 24.3 Å². The van der Waals surface area contributed by atoms with Crippen molar-refractivity contribution in [3.63, 3.8) is 0 Å². The number of carbonyl (C=O) groups is 1. The molecule has 2 rings (SSSR count). The maximum atomic E-state index is 11.1. The van der Waals surface area contributed by atoms with Gasteiger partial charge in [0.2, 0.25) is 0 Å². The molecular weight excluding hydrogens is 244 g/mol. The van der Waals surface area contributed by atoms with Crippen LogP contribution in [0.25, 0.3) is 11.1 Å². The van der Waals surface area contributed by atoms with Crippen LogP contribution in [-0.4, -0.2) is 28.0 Å². The molecule has 1 atom stereocenters. The number of hydrogen-bond donors (Lipinski definition) is 1. The first-order valence-corrected chi connectivity index (χ1v) is 5.93. The summed E-state index contributed by atoms with van der Waals surface area (Å²) in [5, 5.41) is 13.1. The van der Waals surface area contributed by atoms with Gasteiger partial charge in [-0.2, -0.15) is 5.10 Å². The van der Waals surface area contributed by atoms with Crippen LogP contribution >= 0.6 is 0 Å². The maximum absolute atomic E-state index is 11.1. The van der Waals surface area contributed by atoms with E-state index in [-0.39, 0.29) is 11.8 Å². The average Bonchev–Trinajstić information content (AvgIpc) is 2.80. The Morgan fingerprint density at radius 1 is 1.37 bits per heavy atom. The van der Waals surface area contributed by atoms with Gasteiger partial charge in [-0.05, 0) is 18.1 Å². The zero-order chi connectivity index (χ0) is 14.0. The largest absolute Gasteiger partial charge is 0.476 e. The number of benzene rings is 1. The van der Waals surface area contributed by atoms with Gasteiger partial charge in [-0.3, -0.25) is 4.68 Å². The van der Waals surface area contributed by atoms with Crippen molar-refractivity contribution in [1.82, 2.24) is 9.78 Å². The number of carboxylic acid groups (broad SMARTS) is 1. The molecule has 0 aliphatic carbocycles. The Kier molecular flexibility index (Phi) is 3.66. The molecule has 0 aliphatic heterocycles. The van der Waals surface area contributed by atoms with Gasteiger partial charge in [0.25, 0.3) is 0 Å². The molecule has 0 radical (unpaired) electrons. The monoisotopic (exact) mass is 260 g/mol. The molecule has 0 spiro atoms. The number of methoxy groups -OCH3 is 1. The van der Waals surface area contributed by atoms with Crippen molar-refractivity contribution >= 4 is 5.97 Å². The van der Waals surface area contributed by atoms with E-state index < -0.39 is 5.97 Å². The highest BCUT2D eigenvalue weighted by atomic mass is 16.5. The second-order valence-electron chi connectivity index (χ2n) is 4.37. The number of carboxylic acids is 1. The van der Waals surface area contributed by atoms with Crippen molar-refractivity contribution < 1.29 is 14.6 Å². The standard InChI is InChI=1S/C14H16N2O3/c1-9(19-3)10-4-6-11(7-5-10)12-8-16(2)15-13(12)14(17)18/h4-9H,1-3H3,(H,17,18). The predicted octanol–water partition coefficient (Wildman–Crippen LogP) is 2.49. The molecule has 19 heavy (non-hydrogen) atoms. The van der Waals surface area contributed by atoms with Gasteiger partial charge in [-0.25, -0.2) is 4.79 Å². The highest BCUT2D eigenvalue weighted by molar-refractivity contribution is 5.93. The minimum atomic E-state index is -1.02. The van der Waals surface area contributed by atoms with E-state index in [1.807, 2.05) is 31.2 Å². The molecule has 1 heterocycles. The molecule has 100 valence electrons. The van der Waals surface area contributed by atoms with Crippen LogP contribution in [0.5, 0.6) is 0 Å². The Morgan fingerprint density at radius 3 is 2.53 bits per heavy atom. The number of hydrogen-bond acceptors (Lipinski definition) is 3. The molecule has 1 N–H and O–H groups in total.